The summed E-state index contributed by atoms with van der Waals surface area (Å²) in [5, 5.41) is 20.0. The molecule has 2 N–H and O–H groups in total. The van der Waals surface area contributed by atoms with Crippen LogP contribution in [0.4, 0.5) is 0 Å². The van der Waals surface area contributed by atoms with Gasteiger partial charge in [0.05, 0.1) is 12.5 Å². The number of carboxylic acids is 1. The molecule has 180 valence electrons. The number of aliphatic carboxylic acids is 1. The monoisotopic (exact) mass is 490 g/mol. The van der Waals surface area contributed by atoms with Crippen molar-refractivity contribution in [1.29, 1.82) is 0 Å². The number of carbonyl (C=O) groups is 1. The van der Waals surface area contributed by atoms with Gasteiger partial charge in [-0.2, -0.15) is 0 Å². The zero-order chi connectivity index (χ0) is 24.1. The Morgan fingerprint density at radius 2 is 1.74 bits per heavy atom. The molecule has 5 atom stereocenters. The fourth-order valence-corrected chi connectivity index (χ4v) is 6.32. The number of carboxylic acid groups (broad SMARTS) is 1. The van der Waals surface area contributed by atoms with Crippen molar-refractivity contribution < 1.29 is 29.2 Å². The van der Waals surface area contributed by atoms with Crippen LogP contribution >= 0.6 is 8.58 Å². The van der Waals surface area contributed by atoms with Crippen molar-refractivity contribution in [2.75, 3.05) is 26.2 Å². The van der Waals surface area contributed by atoms with E-state index in [-0.39, 0.29) is 31.8 Å². The molecule has 1 saturated heterocycles. The first-order valence-corrected chi connectivity index (χ1v) is 13.2. The molecule has 2 heterocycles. The van der Waals surface area contributed by atoms with Crippen molar-refractivity contribution in [2.24, 2.45) is 5.92 Å². The van der Waals surface area contributed by atoms with Gasteiger partial charge in [-0.1, -0.05) is 36.4 Å². The first kappa shape index (κ1) is 22.4. The van der Waals surface area contributed by atoms with Crippen molar-refractivity contribution in [3.05, 3.63) is 88.0 Å². The molecule has 35 heavy (non-hydrogen) atoms. The number of fused-ring (bicyclic) bond motifs is 2. The van der Waals surface area contributed by atoms with Crippen LogP contribution in [0.2, 0.25) is 0 Å². The van der Waals surface area contributed by atoms with E-state index in [4.69, 9.17) is 14.2 Å². The molecule has 0 spiro atoms. The Morgan fingerprint density at radius 3 is 2.51 bits per heavy atom. The summed E-state index contributed by atoms with van der Waals surface area (Å²) in [6, 6.07) is 18.2. The molecule has 0 amide bonds. The molecule has 0 aromatic heterocycles. The second kappa shape index (κ2) is 8.85. The molecule has 6 rings (SSSR count). The highest BCUT2D eigenvalue weighted by Gasteiger charge is 2.48. The first-order valence-electron chi connectivity index (χ1n) is 11.9. The van der Waals surface area contributed by atoms with E-state index in [1.165, 1.54) is 11.7 Å². The predicted octanol–water partition coefficient (Wildman–Crippen LogP) is 4.81. The Bertz CT molecular complexity index is 1300. The van der Waals surface area contributed by atoms with E-state index >= 15 is 0 Å². The highest BCUT2D eigenvalue weighted by Crippen LogP contribution is 2.58. The van der Waals surface area contributed by atoms with Gasteiger partial charge in [0, 0.05) is 23.1 Å². The van der Waals surface area contributed by atoms with Crippen molar-refractivity contribution in [1.82, 2.24) is 0 Å². The third-order valence-corrected chi connectivity index (χ3v) is 8.35. The largest absolute Gasteiger partial charge is 0.491 e. The van der Waals surface area contributed by atoms with E-state index in [0.29, 0.717) is 22.9 Å². The van der Waals surface area contributed by atoms with E-state index < -0.39 is 11.9 Å². The number of hydrogen-bond acceptors (Lipinski definition) is 5. The summed E-state index contributed by atoms with van der Waals surface area (Å²) in [6.07, 6.45) is 1.20. The molecule has 3 aliphatic rings. The van der Waals surface area contributed by atoms with Crippen LogP contribution in [0.1, 0.15) is 50.9 Å². The lowest BCUT2D eigenvalue weighted by molar-refractivity contribution is -0.142. The van der Waals surface area contributed by atoms with Crippen LogP contribution in [0.25, 0.3) is 0 Å². The van der Waals surface area contributed by atoms with E-state index in [0.717, 1.165) is 36.4 Å². The summed E-state index contributed by atoms with van der Waals surface area (Å²) < 4.78 is 17.0. The lowest BCUT2D eigenvalue weighted by Gasteiger charge is -2.25. The van der Waals surface area contributed by atoms with E-state index in [2.05, 4.69) is 18.2 Å². The maximum atomic E-state index is 13.0. The van der Waals surface area contributed by atoms with Gasteiger partial charge in [0.2, 0.25) is 6.79 Å². The van der Waals surface area contributed by atoms with Crippen molar-refractivity contribution in [3.8, 4) is 17.2 Å². The highest BCUT2D eigenvalue weighted by atomic mass is 31.1. The average molecular weight is 490 g/mol. The Hall–Kier alpha value is -3.08. The lowest BCUT2D eigenvalue weighted by Crippen LogP contribution is -2.24. The molecular weight excluding hydrogens is 463 g/mol. The highest BCUT2D eigenvalue weighted by molar-refractivity contribution is 7.47. The van der Waals surface area contributed by atoms with Gasteiger partial charge in [0.15, 0.2) is 11.5 Å². The SMILES string of the molecule is Cc1ccc([C@@H]2c3cc(C4CP4)ccc3[C@H](c3ccc4c(c3)OCO4)[C@H]2C(=O)O)c(OCCO)c1. The molecule has 7 heteroatoms. The van der Waals surface area contributed by atoms with E-state index in [1.54, 1.807) is 0 Å². The Kier molecular flexibility index (Phi) is 5.66. The maximum Gasteiger partial charge on any atom is 0.308 e. The number of rotatable bonds is 7. The molecule has 6 nitrogen and oxygen atoms in total. The molecule has 0 saturated carbocycles. The topological polar surface area (TPSA) is 85.2 Å². The fraction of sp³-hybridized carbons (Fsp3) is 0.321. The molecule has 0 radical (unpaired) electrons. The molecule has 1 aliphatic carbocycles. The van der Waals surface area contributed by atoms with Gasteiger partial charge in [-0.15, -0.1) is 8.58 Å². The van der Waals surface area contributed by atoms with Gasteiger partial charge in [-0.25, -0.2) is 0 Å². The molecule has 0 bridgehead atoms. The number of aliphatic hydroxyl groups excluding tert-OH is 1. The molecule has 1 fully saturated rings. The van der Waals surface area contributed by atoms with Crippen molar-refractivity contribution in [3.63, 3.8) is 0 Å². The van der Waals surface area contributed by atoms with Crippen LogP contribution in [0.3, 0.4) is 0 Å². The zero-order valence-corrected chi connectivity index (χ0v) is 20.4. The standard InChI is InChI=1S/C28H27O6P/c1-15-2-5-19(22(10-15)32-9-8-29)26-20-11-16(24-13-35-24)3-6-18(20)25(27(26)28(30)31)17-4-7-21-23(12-17)34-14-33-21/h2-7,10-12,24-27,29,35H,8-9,13-14H2,1H3,(H,30,31)/t24?,25-,26+,27+/m0/s1. The Labute approximate surface area is 205 Å². The summed E-state index contributed by atoms with van der Waals surface area (Å²) in [5.41, 5.74) is 6.71. The molecule has 2 unspecified atom stereocenters. The fourth-order valence-electron chi connectivity index (χ4n) is 5.56. The van der Waals surface area contributed by atoms with E-state index in [9.17, 15) is 15.0 Å². The number of hydrogen-bond donors (Lipinski definition) is 2. The third-order valence-electron chi connectivity index (χ3n) is 7.20. The Balaban J connectivity index is 1.54. The number of aliphatic hydroxyl groups is 1. The third kappa shape index (κ3) is 3.95. The Morgan fingerprint density at radius 1 is 0.971 bits per heavy atom. The van der Waals surface area contributed by atoms with Crippen LogP contribution in [0.15, 0.2) is 54.6 Å². The number of ether oxygens (including phenoxy) is 3. The lowest BCUT2D eigenvalue weighted by atomic mass is 9.79. The molecule has 3 aromatic rings. The van der Waals surface area contributed by atoms with Crippen LogP contribution in [-0.4, -0.2) is 42.4 Å². The van der Waals surface area contributed by atoms with Crippen LogP contribution in [0, 0.1) is 12.8 Å². The average Bonchev–Trinajstić information content (AvgIpc) is 3.50. The number of benzene rings is 3. The maximum absolute atomic E-state index is 13.0. The molecular formula is C28H27O6P. The van der Waals surface area contributed by atoms with Crippen molar-refractivity contribution in [2.45, 2.75) is 24.4 Å². The van der Waals surface area contributed by atoms with Gasteiger partial charge in [-0.3, -0.25) is 4.79 Å². The van der Waals surface area contributed by atoms with Gasteiger partial charge in [0.1, 0.15) is 12.4 Å². The summed E-state index contributed by atoms with van der Waals surface area (Å²) in [5.74, 6) is -0.336. The smallest absolute Gasteiger partial charge is 0.308 e. The van der Waals surface area contributed by atoms with Gasteiger partial charge in [-0.05, 0) is 59.1 Å². The van der Waals surface area contributed by atoms with E-state index in [1.807, 2.05) is 43.3 Å². The predicted molar refractivity (Wildman–Crippen MR) is 134 cm³/mol. The first-order chi connectivity index (χ1) is 17.0. The quantitative estimate of drug-likeness (QED) is 0.463. The molecule has 3 aromatic carbocycles. The van der Waals surface area contributed by atoms with Gasteiger partial charge in [0.25, 0.3) is 0 Å². The van der Waals surface area contributed by atoms with Gasteiger partial charge < -0.3 is 24.4 Å². The summed E-state index contributed by atoms with van der Waals surface area (Å²) >= 11 is 0. The number of aryl methyl sites for hydroxylation is 1. The summed E-state index contributed by atoms with van der Waals surface area (Å²) in [7, 11) is 0.932. The minimum Gasteiger partial charge on any atom is -0.491 e. The van der Waals surface area contributed by atoms with Crippen LogP contribution in [-0.2, 0) is 4.79 Å². The summed E-state index contributed by atoms with van der Waals surface area (Å²) in [6.45, 7) is 2.20. The zero-order valence-electron chi connectivity index (χ0n) is 19.4. The van der Waals surface area contributed by atoms with Crippen LogP contribution < -0.4 is 14.2 Å². The summed E-state index contributed by atoms with van der Waals surface area (Å²) in [4.78, 5) is 13.0. The normalized spacial score (nSPS) is 24.4. The van der Waals surface area contributed by atoms with Gasteiger partial charge >= 0.3 is 5.97 Å². The second-order valence-electron chi connectivity index (χ2n) is 9.39. The minimum absolute atomic E-state index is 0.108. The van der Waals surface area contributed by atoms with Crippen molar-refractivity contribution >= 4 is 14.6 Å². The van der Waals surface area contributed by atoms with Crippen LogP contribution in [0.5, 0.6) is 17.2 Å². The minimum atomic E-state index is -0.850. The molecule has 2 aliphatic heterocycles. The second-order valence-corrected chi connectivity index (χ2v) is 10.9.